The molecule has 0 saturated heterocycles. The summed E-state index contributed by atoms with van der Waals surface area (Å²) in [6.07, 6.45) is 7.44. The number of nitrogens with one attached hydrogen (secondary N) is 1. The van der Waals surface area contributed by atoms with Gasteiger partial charge in [-0.1, -0.05) is 0 Å². The number of unbranched alkanes of at least 4 members (excludes halogenated alkanes) is 2. The van der Waals surface area contributed by atoms with Gasteiger partial charge in [0.25, 0.3) is 0 Å². The Bertz CT molecular complexity index is 935. The van der Waals surface area contributed by atoms with Crippen LogP contribution >= 0.6 is 0 Å². The van der Waals surface area contributed by atoms with Crippen LogP contribution in [0.25, 0.3) is 10.9 Å². The molecule has 2 aromatic carbocycles. The number of hydrogen-bond acceptors (Lipinski definition) is 2. The molecule has 0 amide bonds. The van der Waals surface area contributed by atoms with Gasteiger partial charge >= 0.3 is 0 Å². The van der Waals surface area contributed by atoms with Crippen molar-refractivity contribution in [2.45, 2.75) is 38.5 Å². The fourth-order valence-corrected chi connectivity index (χ4v) is 3.65. The Morgan fingerprint density at radius 2 is 1.96 bits per heavy atom. The average molecular weight is 371 g/mol. The minimum Gasteiger partial charge on any atom is -0.490 e. The molecule has 1 N–H and O–H groups in total. The molecule has 0 spiro atoms. The Morgan fingerprint density at radius 1 is 1.04 bits per heavy atom. The minimum atomic E-state index is -0.277. The van der Waals surface area contributed by atoms with Gasteiger partial charge in [-0.15, -0.1) is 0 Å². The van der Waals surface area contributed by atoms with Crippen molar-refractivity contribution in [1.29, 1.82) is 0 Å². The van der Waals surface area contributed by atoms with E-state index in [9.17, 15) is 8.78 Å². The van der Waals surface area contributed by atoms with E-state index in [2.05, 4.69) is 4.98 Å². The van der Waals surface area contributed by atoms with Crippen LogP contribution in [0.2, 0.25) is 0 Å². The van der Waals surface area contributed by atoms with Gasteiger partial charge in [0, 0.05) is 28.7 Å². The van der Waals surface area contributed by atoms with Crippen LogP contribution in [0.5, 0.6) is 11.5 Å². The lowest BCUT2D eigenvalue weighted by molar-refractivity contribution is 0.246. The van der Waals surface area contributed by atoms with Gasteiger partial charge in [0.05, 0.1) is 13.2 Å². The van der Waals surface area contributed by atoms with Gasteiger partial charge in [0.2, 0.25) is 0 Å². The molecule has 2 heterocycles. The zero-order valence-electron chi connectivity index (χ0n) is 15.2. The predicted octanol–water partition coefficient (Wildman–Crippen LogP) is 5.56. The molecule has 4 rings (SSSR count). The zero-order valence-corrected chi connectivity index (χ0v) is 15.2. The van der Waals surface area contributed by atoms with Gasteiger partial charge in [-0.3, -0.25) is 0 Å². The average Bonchev–Trinajstić information content (AvgIpc) is 3.06. The van der Waals surface area contributed by atoms with E-state index in [4.69, 9.17) is 9.47 Å². The fourth-order valence-electron chi connectivity index (χ4n) is 3.65. The van der Waals surface area contributed by atoms with Crippen molar-refractivity contribution in [2.75, 3.05) is 13.2 Å². The largest absolute Gasteiger partial charge is 0.490 e. The third-order valence-electron chi connectivity index (χ3n) is 5.01. The second-order valence-electron chi connectivity index (χ2n) is 7.01. The first-order chi connectivity index (χ1) is 13.2. The molecule has 1 aromatic heterocycles. The Kier molecular flexibility index (Phi) is 5.28. The minimum absolute atomic E-state index is 0.211. The van der Waals surface area contributed by atoms with E-state index >= 15 is 0 Å². The van der Waals surface area contributed by atoms with Gasteiger partial charge < -0.3 is 14.5 Å². The number of aromatic amines is 1. The van der Waals surface area contributed by atoms with Gasteiger partial charge in [-0.05, 0) is 68.4 Å². The molecule has 0 fully saturated rings. The van der Waals surface area contributed by atoms with Crippen LogP contribution in [0.4, 0.5) is 8.78 Å². The van der Waals surface area contributed by atoms with E-state index in [-0.39, 0.29) is 11.6 Å². The lowest BCUT2D eigenvalue weighted by Gasteiger charge is -2.20. The van der Waals surface area contributed by atoms with Crippen molar-refractivity contribution in [1.82, 2.24) is 4.98 Å². The van der Waals surface area contributed by atoms with Crippen molar-refractivity contribution >= 4 is 10.9 Å². The van der Waals surface area contributed by atoms with Crippen LogP contribution in [-0.4, -0.2) is 18.2 Å². The molecule has 3 aromatic rings. The highest BCUT2D eigenvalue weighted by atomic mass is 19.1. The molecule has 5 heteroatoms. The van der Waals surface area contributed by atoms with Crippen molar-refractivity contribution in [2.24, 2.45) is 0 Å². The molecule has 0 unspecified atom stereocenters. The number of ether oxygens (including phenoxy) is 2. The van der Waals surface area contributed by atoms with Crippen molar-refractivity contribution in [3.05, 3.63) is 59.3 Å². The number of fused-ring (bicyclic) bond motifs is 2. The third-order valence-corrected chi connectivity index (χ3v) is 5.01. The van der Waals surface area contributed by atoms with Crippen molar-refractivity contribution < 1.29 is 18.3 Å². The van der Waals surface area contributed by atoms with E-state index in [0.717, 1.165) is 60.6 Å². The SMILES string of the molecule is Fc1cc2c(c(OCCCCCc3c[nH]c4ccc(F)cc34)c1)OCCC2. The van der Waals surface area contributed by atoms with E-state index in [1.54, 1.807) is 12.1 Å². The summed E-state index contributed by atoms with van der Waals surface area (Å²) >= 11 is 0. The van der Waals surface area contributed by atoms with Gasteiger partial charge in [0.15, 0.2) is 11.5 Å². The summed E-state index contributed by atoms with van der Waals surface area (Å²) in [6, 6.07) is 7.76. The van der Waals surface area contributed by atoms with Gasteiger partial charge in [0.1, 0.15) is 11.6 Å². The Labute approximate surface area is 157 Å². The number of H-pyrrole nitrogens is 1. The lowest BCUT2D eigenvalue weighted by Crippen LogP contribution is -2.11. The number of benzene rings is 2. The van der Waals surface area contributed by atoms with Gasteiger partial charge in [-0.25, -0.2) is 8.78 Å². The first kappa shape index (κ1) is 17.8. The predicted molar refractivity (Wildman–Crippen MR) is 102 cm³/mol. The monoisotopic (exact) mass is 371 g/mol. The standard InChI is InChI=1S/C22H23F2NO2/c23-17-7-8-20-19(12-17)16(14-25-20)5-2-1-3-9-26-21-13-18(24)11-15-6-4-10-27-22(15)21/h7-8,11-14,25H,1-6,9-10H2. The highest BCUT2D eigenvalue weighted by Gasteiger charge is 2.17. The zero-order chi connectivity index (χ0) is 18.6. The Hall–Kier alpha value is -2.56. The number of aromatic nitrogens is 1. The highest BCUT2D eigenvalue weighted by Crippen LogP contribution is 2.36. The second kappa shape index (κ2) is 7.99. The van der Waals surface area contributed by atoms with E-state index in [1.807, 2.05) is 6.20 Å². The van der Waals surface area contributed by atoms with Crippen LogP contribution in [0, 0.1) is 11.6 Å². The molecule has 27 heavy (non-hydrogen) atoms. The molecule has 0 aliphatic carbocycles. The number of hydrogen-bond donors (Lipinski definition) is 1. The Balaban J connectivity index is 1.26. The Morgan fingerprint density at radius 3 is 2.89 bits per heavy atom. The van der Waals surface area contributed by atoms with Crippen LogP contribution < -0.4 is 9.47 Å². The van der Waals surface area contributed by atoms with Crippen LogP contribution in [0.15, 0.2) is 36.5 Å². The highest BCUT2D eigenvalue weighted by molar-refractivity contribution is 5.83. The molecule has 142 valence electrons. The summed E-state index contributed by atoms with van der Waals surface area (Å²) in [5.41, 5.74) is 2.99. The third kappa shape index (κ3) is 4.07. The summed E-state index contributed by atoms with van der Waals surface area (Å²) in [7, 11) is 0. The van der Waals surface area contributed by atoms with Crippen LogP contribution in [0.1, 0.15) is 36.8 Å². The molecule has 0 radical (unpaired) electrons. The molecule has 1 aliphatic heterocycles. The lowest BCUT2D eigenvalue weighted by atomic mass is 10.1. The summed E-state index contributed by atoms with van der Waals surface area (Å²) in [5.74, 6) is 0.721. The summed E-state index contributed by atoms with van der Waals surface area (Å²) < 4.78 is 38.6. The van der Waals surface area contributed by atoms with E-state index < -0.39 is 0 Å². The quantitative estimate of drug-likeness (QED) is 0.552. The molecular formula is C22H23F2NO2. The van der Waals surface area contributed by atoms with Crippen molar-refractivity contribution in [3.63, 3.8) is 0 Å². The first-order valence-corrected chi connectivity index (χ1v) is 9.54. The first-order valence-electron chi connectivity index (χ1n) is 9.54. The summed E-state index contributed by atoms with van der Waals surface area (Å²) in [6.45, 7) is 1.18. The van der Waals surface area contributed by atoms with E-state index in [0.29, 0.717) is 24.7 Å². The van der Waals surface area contributed by atoms with Crippen LogP contribution in [-0.2, 0) is 12.8 Å². The molecular weight excluding hydrogens is 348 g/mol. The summed E-state index contributed by atoms with van der Waals surface area (Å²) in [5, 5.41) is 0.954. The van der Waals surface area contributed by atoms with Gasteiger partial charge in [-0.2, -0.15) is 0 Å². The number of aryl methyl sites for hydroxylation is 2. The molecule has 0 bridgehead atoms. The van der Waals surface area contributed by atoms with Crippen LogP contribution in [0.3, 0.4) is 0 Å². The molecule has 0 atom stereocenters. The molecule has 1 aliphatic rings. The normalized spacial score (nSPS) is 13.4. The number of halogens is 2. The fraction of sp³-hybridized carbons (Fsp3) is 0.364. The topological polar surface area (TPSA) is 34.2 Å². The smallest absolute Gasteiger partial charge is 0.164 e. The maximum atomic E-state index is 13.7. The maximum absolute atomic E-state index is 13.7. The molecule has 3 nitrogen and oxygen atoms in total. The summed E-state index contributed by atoms with van der Waals surface area (Å²) in [4.78, 5) is 3.18. The maximum Gasteiger partial charge on any atom is 0.164 e. The molecule has 0 saturated carbocycles. The second-order valence-corrected chi connectivity index (χ2v) is 7.01. The van der Waals surface area contributed by atoms with Crippen molar-refractivity contribution in [3.8, 4) is 11.5 Å². The van der Waals surface area contributed by atoms with E-state index in [1.165, 1.54) is 18.2 Å². The number of rotatable bonds is 7.